The molecule has 0 spiro atoms. The summed E-state index contributed by atoms with van der Waals surface area (Å²) in [6.45, 7) is 0. The molecule has 126 heteroatoms. The van der Waals surface area contributed by atoms with Crippen LogP contribution >= 0.6 is 235 Å². The van der Waals surface area contributed by atoms with Gasteiger partial charge in [0, 0.05) is 0 Å². The molecule has 0 atom stereocenters. The van der Waals surface area contributed by atoms with E-state index in [-0.39, 0.29) is 111 Å². The molecule has 5 rings (SSSR count). The minimum absolute atomic E-state index is 0. The Balaban J connectivity index is -0.000000353. The first-order chi connectivity index (χ1) is 51.2. The van der Waals surface area contributed by atoms with Gasteiger partial charge in [-0.3, -0.25) is 137 Å². The van der Waals surface area contributed by atoms with E-state index in [0.717, 1.165) is 0 Å². The third-order valence-electron chi connectivity index (χ3n) is 6.00. The molecule has 0 unspecified atom stereocenters. The minimum Gasteiger partial charge on any atom is -0.756 e. The molecule has 5 saturated heterocycles. The molecule has 5 aliphatic rings. The SMILES string of the molecule is O=P1([O-])OP(=O)([O-])OP(=O)([O-])OP(=O)([O-])OP(=O)([O-])OP(=O)([O-])O1.O=P1([O-])OP(=O)([O-])OP(=O)([O-])OP(=O)([O-])OP(=O)([O-])OP(=O)([O-])O1.O=P1([O-])OP(=O)([O-])OP(=O)([O-])OP(=O)([O-])OP(=O)([O-])OP(=O)([O-])O1.O=P1([O-])OP(=O)([O-])OP(=O)([O-])OP(=O)([O-])OP(=O)([O-])OP(=O)([O-])O1.O=P1([O-])OP(=O)([O-])OP(=O)([O-])OP(=O)([O-])OP(=O)([O-])OP(=O)([O-])O1.[V+5].[V+5].[V+5].[V+5].[V+5].[V+5]. The molecule has 5 heterocycles. The first-order valence-electron chi connectivity index (χ1n) is 21.9. The van der Waals surface area contributed by atoms with Gasteiger partial charge in [0.15, 0.2) is 0 Å². The maximum absolute atomic E-state index is 11.0. The summed E-state index contributed by atoms with van der Waals surface area (Å²) in [5, 5.41) is 0. The van der Waals surface area contributed by atoms with Gasteiger partial charge in [0.2, 0.25) is 0 Å². The van der Waals surface area contributed by atoms with Crippen molar-refractivity contribution < 1.29 is 524 Å². The Labute approximate surface area is 753 Å². The Morgan fingerprint density at radius 2 is 0.0873 bits per heavy atom. The molecular formula is O90P30V6. The zero-order valence-corrected chi connectivity index (χ0v) is 88.1. The van der Waals surface area contributed by atoms with Crippen molar-refractivity contribution in [1.82, 2.24) is 0 Å². The molecule has 0 bridgehead atoms. The predicted octanol–water partition coefficient (Wildman–Crippen LogP) is -15.5. The fraction of sp³-hybridized carbons (Fsp3) is 0. The van der Waals surface area contributed by atoms with Gasteiger partial charge in [0.05, 0.1) is 0 Å². The van der Waals surface area contributed by atoms with Gasteiger partial charge < -0.3 is 147 Å². The zero-order chi connectivity index (χ0) is 96.2. The van der Waals surface area contributed by atoms with E-state index in [2.05, 4.69) is 129 Å². The Morgan fingerprint density at radius 3 is 0.103 bits per heavy atom. The van der Waals surface area contributed by atoms with Crippen molar-refractivity contribution >= 4 is 235 Å². The van der Waals surface area contributed by atoms with Crippen molar-refractivity contribution in [3.8, 4) is 0 Å². The van der Waals surface area contributed by atoms with Crippen LogP contribution in [-0.4, -0.2) is 0 Å². The van der Waals surface area contributed by atoms with Crippen molar-refractivity contribution in [3.05, 3.63) is 0 Å². The first-order valence-corrected chi connectivity index (χ1v) is 65.7. The monoisotopic (exact) mass is 2670 g/mol. The van der Waals surface area contributed by atoms with Crippen LogP contribution < -0.4 is 147 Å². The third kappa shape index (κ3) is 64.1. The summed E-state index contributed by atoms with van der Waals surface area (Å²) in [7, 11) is -197. The summed E-state index contributed by atoms with van der Waals surface area (Å²) in [6, 6.07) is 0. The molecule has 5 aliphatic heterocycles. The van der Waals surface area contributed by atoms with E-state index in [1.165, 1.54) is 0 Å². The quantitative estimate of drug-likeness (QED) is 0.203. The van der Waals surface area contributed by atoms with Crippen LogP contribution in [0.25, 0.3) is 0 Å². The largest absolute Gasteiger partial charge is 5.00 e. The molecule has 0 aromatic rings. The van der Waals surface area contributed by atoms with Gasteiger partial charge in [-0.15, -0.1) is 0 Å². The summed E-state index contributed by atoms with van der Waals surface area (Å²) < 4.78 is 417. The smallest absolute Gasteiger partial charge is 0.756 e. The fourth-order valence-electron chi connectivity index (χ4n) is 4.12. The average Bonchev–Trinajstić information content (AvgIpc) is 0.806. The number of phosphoric acid groups is 30. The maximum Gasteiger partial charge on any atom is 5.00 e. The maximum atomic E-state index is 11.0. The normalized spacial score (nSPS) is 52.6. The van der Waals surface area contributed by atoms with Gasteiger partial charge >= 0.3 is 111 Å². The summed E-state index contributed by atoms with van der Waals surface area (Å²) in [5.41, 5.74) is 0. The Kier molecular flexibility index (Phi) is 56.0. The van der Waals surface area contributed by atoms with Gasteiger partial charge in [-0.1, -0.05) is 0 Å². The van der Waals surface area contributed by atoms with Crippen LogP contribution in [0.2, 0.25) is 0 Å². The third-order valence-corrected chi connectivity index (χ3v) is 54.0. The second-order valence-electron chi connectivity index (χ2n) is 15.9. The van der Waals surface area contributed by atoms with Crippen LogP contribution in [0.1, 0.15) is 0 Å². The molecule has 0 radical (unpaired) electrons. The van der Waals surface area contributed by atoms with E-state index in [0.29, 0.717) is 0 Å². The predicted molar refractivity (Wildman–Crippen MR) is 261 cm³/mol. The molecule has 0 aliphatic carbocycles. The van der Waals surface area contributed by atoms with Crippen LogP contribution in [0, 0.1) is 0 Å². The summed E-state index contributed by atoms with van der Waals surface area (Å²) in [5.74, 6) is 0. The average molecular weight is 2670 g/mol. The molecule has 0 N–H and O–H groups in total. The summed E-state index contributed by atoms with van der Waals surface area (Å²) in [6.07, 6.45) is 0. The fourth-order valence-corrected chi connectivity index (χ4v) is 45.1. The van der Waals surface area contributed by atoms with E-state index in [9.17, 15) is 284 Å². The second kappa shape index (κ2) is 48.8. The number of hydrogen-bond donors (Lipinski definition) is 0. The van der Waals surface area contributed by atoms with Gasteiger partial charge in [0.1, 0.15) is 0 Å². The van der Waals surface area contributed by atoms with Crippen LogP contribution in [0.15, 0.2) is 0 Å². The van der Waals surface area contributed by atoms with Crippen molar-refractivity contribution in [2.75, 3.05) is 0 Å². The first kappa shape index (κ1) is 145. The molecule has 720 valence electrons. The molecule has 0 aromatic heterocycles. The van der Waals surface area contributed by atoms with Gasteiger partial charge in [-0.25, -0.2) is 129 Å². The molecule has 126 heavy (non-hydrogen) atoms. The second-order valence-corrected chi connectivity index (χ2v) is 62.3. The van der Waals surface area contributed by atoms with Crippen LogP contribution in [0.5, 0.6) is 0 Å². The van der Waals surface area contributed by atoms with Gasteiger partial charge in [-0.05, 0) is 0 Å². The van der Waals surface area contributed by atoms with Crippen molar-refractivity contribution in [2.45, 2.75) is 0 Å². The van der Waals surface area contributed by atoms with E-state index >= 15 is 0 Å². The molecule has 5 fully saturated rings. The van der Waals surface area contributed by atoms with Gasteiger partial charge in [-0.2, -0.15) is 0 Å². The Bertz CT molecular complexity index is 3670. The Hall–Kier alpha value is 8.01. The summed E-state index contributed by atoms with van der Waals surface area (Å²) in [4.78, 5) is 329. The van der Waals surface area contributed by atoms with Gasteiger partial charge in [0.25, 0.3) is 235 Å². The molecule has 0 aromatic carbocycles. The molecule has 90 nitrogen and oxygen atoms in total. The molecular weight excluding hydrogens is 2670 g/mol. The molecule has 0 saturated carbocycles. The number of hydrogen-bond acceptors (Lipinski definition) is 90. The number of rotatable bonds is 0. The van der Waals surface area contributed by atoms with Crippen molar-refractivity contribution in [3.63, 3.8) is 0 Å². The van der Waals surface area contributed by atoms with E-state index in [1.54, 1.807) is 0 Å². The van der Waals surface area contributed by atoms with Crippen LogP contribution in [0.4, 0.5) is 0 Å². The topological polar surface area (TPSA) is 1480 Å². The van der Waals surface area contributed by atoms with E-state index in [4.69, 9.17) is 0 Å². The van der Waals surface area contributed by atoms with Crippen molar-refractivity contribution in [1.29, 1.82) is 0 Å². The van der Waals surface area contributed by atoms with Crippen LogP contribution in [0.3, 0.4) is 0 Å². The molecule has 0 amide bonds. The Morgan fingerprint density at radius 1 is 0.0714 bits per heavy atom. The van der Waals surface area contributed by atoms with Crippen molar-refractivity contribution in [2.24, 2.45) is 0 Å². The van der Waals surface area contributed by atoms with E-state index < -0.39 is 235 Å². The van der Waals surface area contributed by atoms with E-state index in [1.807, 2.05) is 0 Å². The minimum atomic E-state index is -6.56. The summed E-state index contributed by atoms with van der Waals surface area (Å²) >= 11 is 0. The van der Waals surface area contributed by atoms with Crippen LogP contribution in [-0.2, 0) is 378 Å². The standard InChI is InChI=1S/5H6O18P6.6V/c5*1-19(2)13-20(3,4)15-22(7,8)17-24(11,12)18-23(9,10)16-21(5,6)14-19;;;;;;/h5*(H,1,2)(H,3,4)(H,5,6)(H,7,8)(H,9,10)(H,11,12);;;;;;/q;;;;;6*+5/p-30. The zero-order valence-electron chi connectivity index (χ0n) is 52.8.